The summed E-state index contributed by atoms with van der Waals surface area (Å²) in [5.74, 6) is 2.19. The summed E-state index contributed by atoms with van der Waals surface area (Å²) in [6.07, 6.45) is 5.41. The number of hydrogen-bond donors (Lipinski definition) is 1. The highest BCUT2D eigenvalue weighted by molar-refractivity contribution is 5.95. The summed E-state index contributed by atoms with van der Waals surface area (Å²) in [5.41, 5.74) is 2.19. The van der Waals surface area contributed by atoms with Crippen molar-refractivity contribution in [1.29, 1.82) is 0 Å². The first kappa shape index (κ1) is 20.3. The maximum atomic E-state index is 12.9. The number of amides is 1. The second kappa shape index (κ2) is 8.79. The summed E-state index contributed by atoms with van der Waals surface area (Å²) in [7, 11) is 0. The van der Waals surface area contributed by atoms with Crippen LogP contribution in [0.4, 0.5) is 0 Å². The Labute approximate surface area is 176 Å². The lowest BCUT2D eigenvalue weighted by atomic mass is 10.1. The van der Waals surface area contributed by atoms with E-state index in [0.717, 1.165) is 43.9 Å². The molecule has 8 nitrogen and oxygen atoms in total. The van der Waals surface area contributed by atoms with Crippen molar-refractivity contribution in [2.24, 2.45) is 0 Å². The molecule has 0 atom stereocenters. The van der Waals surface area contributed by atoms with E-state index in [0.29, 0.717) is 35.4 Å². The summed E-state index contributed by atoms with van der Waals surface area (Å²) in [6.45, 7) is 9.53. The predicted octanol–water partition coefficient (Wildman–Crippen LogP) is 3.18. The highest BCUT2D eigenvalue weighted by Gasteiger charge is 2.33. The first-order valence-corrected chi connectivity index (χ1v) is 10.6. The molecule has 158 valence electrons. The average molecular weight is 409 g/mol. The van der Waals surface area contributed by atoms with Gasteiger partial charge < -0.3 is 14.6 Å². The summed E-state index contributed by atoms with van der Waals surface area (Å²) in [6, 6.07) is 5.60. The topological polar surface area (TPSA) is 89.1 Å². The summed E-state index contributed by atoms with van der Waals surface area (Å²) in [4.78, 5) is 24.2. The largest absolute Gasteiger partial charge is 0.460 e. The normalized spacial score (nSPS) is 13.7. The molecule has 3 aromatic rings. The first-order chi connectivity index (χ1) is 14.6. The van der Waals surface area contributed by atoms with Crippen molar-refractivity contribution in [2.45, 2.75) is 39.5 Å². The van der Waals surface area contributed by atoms with Gasteiger partial charge in [-0.3, -0.25) is 4.79 Å². The van der Waals surface area contributed by atoms with Gasteiger partial charge in [-0.25, -0.2) is 14.6 Å². The highest BCUT2D eigenvalue weighted by Crippen LogP contribution is 2.42. The second-order valence-corrected chi connectivity index (χ2v) is 7.56. The molecule has 0 spiro atoms. The second-order valence-electron chi connectivity index (χ2n) is 7.56. The van der Waals surface area contributed by atoms with Gasteiger partial charge in [0.15, 0.2) is 5.76 Å². The number of rotatable bonds is 9. The van der Waals surface area contributed by atoms with Crippen LogP contribution in [0.5, 0.6) is 0 Å². The molecule has 30 heavy (non-hydrogen) atoms. The molecule has 0 saturated heterocycles. The zero-order valence-electron chi connectivity index (χ0n) is 17.8. The maximum Gasteiger partial charge on any atom is 0.254 e. The molecule has 1 aliphatic rings. The number of carbonyl (C=O) groups excluding carboxylic acids is 1. The van der Waals surface area contributed by atoms with E-state index in [-0.39, 0.29) is 5.91 Å². The molecular formula is C22H28N6O2. The van der Waals surface area contributed by atoms with Gasteiger partial charge in [0.25, 0.3) is 11.9 Å². The Morgan fingerprint density at radius 1 is 1.27 bits per heavy atom. The fraction of sp³-hybridized carbons (Fsp3) is 0.455. The van der Waals surface area contributed by atoms with E-state index in [9.17, 15) is 4.79 Å². The van der Waals surface area contributed by atoms with Gasteiger partial charge in [0.1, 0.15) is 11.5 Å². The van der Waals surface area contributed by atoms with Crippen molar-refractivity contribution in [3.8, 4) is 17.4 Å². The van der Waals surface area contributed by atoms with Gasteiger partial charge >= 0.3 is 0 Å². The van der Waals surface area contributed by atoms with Gasteiger partial charge in [-0.15, -0.1) is 0 Å². The van der Waals surface area contributed by atoms with Gasteiger partial charge in [-0.05, 0) is 51.1 Å². The number of nitrogens with one attached hydrogen (secondary N) is 1. The van der Waals surface area contributed by atoms with Crippen molar-refractivity contribution < 1.29 is 9.21 Å². The number of likely N-dealkylation sites (N-methyl/N-ethyl adjacent to an activating group) is 1. The molecule has 1 fully saturated rings. The summed E-state index contributed by atoms with van der Waals surface area (Å²) >= 11 is 0. The van der Waals surface area contributed by atoms with Crippen LogP contribution in [0.3, 0.4) is 0 Å². The van der Waals surface area contributed by atoms with Gasteiger partial charge in [0, 0.05) is 25.2 Å². The molecular weight excluding hydrogens is 380 g/mol. The molecule has 8 heteroatoms. The number of aromatic nitrogens is 4. The minimum Gasteiger partial charge on any atom is -0.460 e. The van der Waals surface area contributed by atoms with E-state index in [4.69, 9.17) is 4.42 Å². The molecule has 0 radical (unpaired) electrons. The molecule has 0 unspecified atom stereocenters. The maximum absolute atomic E-state index is 12.9. The Morgan fingerprint density at radius 2 is 2.07 bits per heavy atom. The van der Waals surface area contributed by atoms with Gasteiger partial charge in [0.05, 0.1) is 17.5 Å². The van der Waals surface area contributed by atoms with Crippen LogP contribution >= 0.6 is 0 Å². The SMILES string of the molecule is CCN(CC)CCNC(=O)c1cnn(-c2nccc(-c3ccc(C)o3)n2)c1C1CC1. The lowest BCUT2D eigenvalue weighted by molar-refractivity contribution is 0.0948. The molecule has 3 heterocycles. The third-order valence-corrected chi connectivity index (χ3v) is 5.45. The molecule has 1 aliphatic carbocycles. The van der Waals surface area contributed by atoms with Gasteiger partial charge in [-0.2, -0.15) is 5.10 Å². The minimum atomic E-state index is -0.0897. The zero-order valence-corrected chi connectivity index (χ0v) is 17.8. The van der Waals surface area contributed by atoms with Crippen LogP contribution in [0.15, 0.2) is 35.0 Å². The predicted molar refractivity (Wildman–Crippen MR) is 114 cm³/mol. The quantitative estimate of drug-likeness (QED) is 0.585. The number of carbonyl (C=O) groups is 1. The third-order valence-electron chi connectivity index (χ3n) is 5.45. The van der Waals surface area contributed by atoms with Crippen molar-refractivity contribution in [3.05, 3.63) is 47.6 Å². The number of hydrogen-bond acceptors (Lipinski definition) is 6. The highest BCUT2D eigenvalue weighted by atomic mass is 16.3. The molecule has 0 aliphatic heterocycles. The van der Waals surface area contributed by atoms with Crippen LogP contribution in [0.1, 0.15) is 54.4 Å². The number of furan rings is 1. The monoisotopic (exact) mass is 408 g/mol. The van der Waals surface area contributed by atoms with Crippen LogP contribution < -0.4 is 5.32 Å². The molecule has 1 N–H and O–H groups in total. The Kier molecular flexibility index (Phi) is 5.94. The first-order valence-electron chi connectivity index (χ1n) is 10.6. The van der Waals surface area contributed by atoms with E-state index >= 15 is 0 Å². The Morgan fingerprint density at radius 3 is 2.73 bits per heavy atom. The van der Waals surface area contributed by atoms with Crippen LogP contribution in [0, 0.1) is 6.92 Å². The van der Waals surface area contributed by atoms with Crippen LogP contribution in [0.2, 0.25) is 0 Å². The number of nitrogens with zero attached hydrogens (tertiary/aromatic N) is 5. The minimum absolute atomic E-state index is 0.0897. The fourth-order valence-corrected chi connectivity index (χ4v) is 3.56. The van der Waals surface area contributed by atoms with E-state index in [2.05, 4.69) is 39.1 Å². The van der Waals surface area contributed by atoms with Crippen LogP contribution in [-0.2, 0) is 0 Å². The summed E-state index contributed by atoms with van der Waals surface area (Å²) in [5, 5.41) is 7.51. The number of aryl methyl sites for hydroxylation is 1. The Bertz CT molecular complexity index is 1020. The van der Waals surface area contributed by atoms with Crippen molar-refractivity contribution in [2.75, 3.05) is 26.2 Å². The molecule has 3 aromatic heterocycles. The van der Waals surface area contributed by atoms with E-state index in [1.54, 1.807) is 17.1 Å². The van der Waals surface area contributed by atoms with Crippen LogP contribution in [-0.4, -0.2) is 56.7 Å². The molecule has 4 rings (SSSR count). The lowest BCUT2D eigenvalue weighted by Crippen LogP contribution is -2.35. The third kappa shape index (κ3) is 4.28. The molecule has 1 saturated carbocycles. The smallest absolute Gasteiger partial charge is 0.254 e. The van der Waals surface area contributed by atoms with E-state index < -0.39 is 0 Å². The summed E-state index contributed by atoms with van der Waals surface area (Å²) < 4.78 is 7.39. The fourth-order valence-electron chi connectivity index (χ4n) is 3.56. The van der Waals surface area contributed by atoms with Crippen molar-refractivity contribution in [1.82, 2.24) is 30.0 Å². The average Bonchev–Trinajstić information content (AvgIpc) is 3.35. The van der Waals surface area contributed by atoms with E-state index in [1.807, 2.05) is 25.1 Å². The Hall–Kier alpha value is -3.00. The van der Waals surface area contributed by atoms with Gasteiger partial charge in [-0.1, -0.05) is 13.8 Å². The molecule has 0 bridgehead atoms. The molecule has 1 amide bonds. The van der Waals surface area contributed by atoms with E-state index in [1.165, 1.54) is 0 Å². The zero-order chi connectivity index (χ0) is 21.1. The van der Waals surface area contributed by atoms with Crippen LogP contribution in [0.25, 0.3) is 17.4 Å². The Balaban J connectivity index is 1.57. The molecule has 0 aromatic carbocycles. The van der Waals surface area contributed by atoms with Gasteiger partial charge in [0.2, 0.25) is 0 Å². The lowest BCUT2D eigenvalue weighted by Gasteiger charge is -2.18. The standard InChI is InChI=1S/C22H28N6O2/c1-4-27(5-2)13-12-23-21(29)17-14-25-28(20(17)16-7-8-16)22-24-11-10-18(26-22)19-9-6-15(3)30-19/h6,9-11,14,16H,4-5,7-8,12-13H2,1-3H3,(H,23,29). The van der Waals surface area contributed by atoms with Crippen molar-refractivity contribution >= 4 is 5.91 Å². The van der Waals surface area contributed by atoms with Crippen molar-refractivity contribution in [3.63, 3.8) is 0 Å².